The highest BCUT2D eigenvalue weighted by Gasteiger charge is 2.03. The van der Waals surface area contributed by atoms with Gasteiger partial charge >= 0.3 is 0 Å². The molecule has 0 spiro atoms. The average molecular weight is 368 g/mol. The van der Waals surface area contributed by atoms with Crippen molar-refractivity contribution in [3.05, 3.63) is 72.9 Å². The van der Waals surface area contributed by atoms with Gasteiger partial charge in [0.2, 0.25) is 0 Å². The molecule has 0 radical (unpaired) electrons. The SMILES string of the molecule is CC/C=C\C/C=C\C/C=C\C/C=C\C/C=C\C/C=C\CCC=NC(C)(C)C. The molecule has 0 atom stereocenters. The Morgan fingerprint density at radius 1 is 0.519 bits per heavy atom. The lowest BCUT2D eigenvalue weighted by Gasteiger charge is -2.10. The third kappa shape index (κ3) is 24.1. The molecule has 150 valence electrons. The Balaban J connectivity index is 3.57. The third-order valence-electron chi connectivity index (χ3n) is 3.54. The van der Waals surface area contributed by atoms with Crippen LogP contribution < -0.4 is 0 Å². The fourth-order valence-electron chi connectivity index (χ4n) is 2.15. The molecule has 0 aliphatic rings. The lowest BCUT2D eigenvalue weighted by molar-refractivity contribution is 0.585. The first-order valence-corrected chi connectivity index (χ1v) is 10.5. The molecule has 0 saturated carbocycles. The molecule has 0 aromatic heterocycles. The van der Waals surface area contributed by atoms with Crippen LogP contribution >= 0.6 is 0 Å². The highest BCUT2D eigenvalue weighted by molar-refractivity contribution is 5.57. The first-order valence-electron chi connectivity index (χ1n) is 10.5. The minimum atomic E-state index is 0.0541. The molecule has 0 bridgehead atoms. The maximum Gasteiger partial charge on any atom is 0.0520 e. The number of nitrogens with zero attached hydrogens (tertiary/aromatic N) is 1. The van der Waals surface area contributed by atoms with Crippen LogP contribution in [-0.4, -0.2) is 11.8 Å². The van der Waals surface area contributed by atoms with Crippen LogP contribution in [0.2, 0.25) is 0 Å². The second kappa shape index (κ2) is 18.9. The van der Waals surface area contributed by atoms with Crippen LogP contribution in [-0.2, 0) is 0 Å². The monoisotopic (exact) mass is 367 g/mol. The summed E-state index contributed by atoms with van der Waals surface area (Å²) in [4.78, 5) is 4.48. The molecule has 0 aliphatic heterocycles. The smallest absolute Gasteiger partial charge is 0.0520 e. The van der Waals surface area contributed by atoms with Crippen LogP contribution in [0, 0.1) is 0 Å². The van der Waals surface area contributed by atoms with Crippen LogP contribution in [0.15, 0.2) is 77.9 Å². The highest BCUT2D eigenvalue weighted by atomic mass is 14.8. The summed E-state index contributed by atoms with van der Waals surface area (Å²) in [7, 11) is 0. The number of rotatable bonds is 14. The molecule has 0 fully saturated rings. The predicted octanol–water partition coefficient (Wildman–Crippen LogP) is 8.33. The van der Waals surface area contributed by atoms with Gasteiger partial charge in [-0.2, -0.15) is 0 Å². The summed E-state index contributed by atoms with van der Waals surface area (Å²) in [5, 5.41) is 0. The average Bonchev–Trinajstić information content (AvgIpc) is 2.62. The first-order chi connectivity index (χ1) is 13.1. The van der Waals surface area contributed by atoms with Crippen LogP contribution in [0.1, 0.15) is 79.1 Å². The second-order valence-electron chi connectivity index (χ2n) is 7.48. The minimum absolute atomic E-state index is 0.0541. The van der Waals surface area contributed by atoms with Gasteiger partial charge in [-0.05, 0) is 78.4 Å². The van der Waals surface area contributed by atoms with Crippen LogP contribution in [0.3, 0.4) is 0 Å². The summed E-state index contributed by atoms with van der Waals surface area (Å²) in [5.41, 5.74) is 0.0541. The van der Waals surface area contributed by atoms with E-state index in [1.54, 1.807) is 0 Å². The van der Waals surface area contributed by atoms with Gasteiger partial charge in [0, 0.05) is 0 Å². The summed E-state index contributed by atoms with van der Waals surface area (Å²) >= 11 is 0. The number of aliphatic imine (C=N–C) groups is 1. The van der Waals surface area contributed by atoms with Crippen molar-refractivity contribution in [3.8, 4) is 0 Å². The summed E-state index contributed by atoms with van der Waals surface area (Å²) in [6.07, 6.45) is 37.2. The lowest BCUT2D eigenvalue weighted by atomic mass is 10.1. The molecule has 0 rings (SSSR count). The molecule has 27 heavy (non-hydrogen) atoms. The zero-order chi connectivity index (χ0) is 20.1. The molecule has 1 nitrogen and oxygen atoms in total. The molecular formula is C26H41N. The molecule has 0 saturated heterocycles. The van der Waals surface area contributed by atoms with Gasteiger partial charge in [-0.15, -0.1) is 0 Å². The molecule has 0 aliphatic carbocycles. The van der Waals surface area contributed by atoms with E-state index < -0.39 is 0 Å². The quantitative estimate of drug-likeness (QED) is 0.166. The zero-order valence-electron chi connectivity index (χ0n) is 18.1. The van der Waals surface area contributed by atoms with Gasteiger partial charge in [0.25, 0.3) is 0 Å². The number of unbranched alkanes of at least 4 members (excludes halogenated alkanes) is 1. The van der Waals surface area contributed by atoms with Crippen molar-refractivity contribution in [2.24, 2.45) is 4.99 Å². The zero-order valence-corrected chi connectivity index (χ0v) is 18.1. The molecule has 0 aromatic carbocycles. The number of allylic oxidation sites excluding steroid dienone is 12. The Labute approximate surface area is 169 Å². The number of hydrogen-bond donors (Lipinski definition) is 0. The van der Waals surface area contributed by atoms with E-state index in [0.29, 0.717) is 0 Å². The first kappa shape index (κ1) is 25.1. The van der Waals surface area contributed by atoms with E-state index in [9.17, 15) is 0 Å². The van der Waals surface area contributed by atoms with Crippen molar-refractivity contribution in [3.63, 3.8) is 0 Å². The minimum Gasteiger partial charge on any atom is -0.292 e. The van der Waals surface area contributed by atoms with Gasteiger partial charge in [0.1, 0.15) is 0 Å². The molecular weight excluding hydrogens is 326 g/mol. The van der Waals surface area contributed by atoms with E-state index >= 15 is 0 Å². The molecule has 0 heterocycles. The van der Waals surface area contributed by atoms with Crippen molar-refractivity contribution >= 4 is 6.21 Å². The Morgan fingerprint density at radius 2 is 0.889 bits per heavy atom. The standard InChI is InChI=1S/C26H41N/c1-5-6-7-8-9-10-11-12-13-14-15-16-17-18-19-20-21-22-23-24-25-27-26(2,3)4/h6-7,9-10,12-13,15-16,18-19,21-22,25H,5,8,11,14,17,20,23-24H2,1-4H3/b7-6-,10-9-,13-12-,16-15-,19-18-,22-21-,27-25?. The third-order valence-corrected chi connectivity index (χ3v) is 3.54. The fourth-order valence-corrected chi connectivity index (χ4v) is 2.15. The highest BCUT2D eigenvalue weighted by Crippen LogP contribution is 2.05. The fraction of sp³-hybridized carbons (Fsp3) is 0.500. The summed E-state index contributed by atoms with van der Waals surface area (Å²) < 4.78 is 0. The van der Waals surface area contributed by atoms with Crippen molar-refractivity contribution in [1.29, 1.82) is 0 Å². The molecule has 0 N–H and O–H groups in total. The van der Waals surface area contributed by atoms with E-state index in [4.69, 9.17) is 0 Å². The Morgan fingerprint density at radius 3 is 1.26 bits per heavy atom. The Hall–Kier alpha value is -1.89. The van der Waals surface area contributed by atoms with E-state index in [0.717, 1.165) is 51.4 Å². The summed E-state index contributed by atoms with van der Waals surface area (Å²) in [6, 6.07) is 0. The Bertz CT molecular complexity index is 519. The van der Waals surface area contributed by atoms with E-state index in [-0.39, 0.29) is 5.54 Å². The van der Waals surface area contributed by atoms with Crippen LogP contribution in [0.25, 0.3) is 0 Å². The second-order valence-corrected chi connectivity index (χ2v) is 7.48. The van der Waals surface area contributed by atoms with E-state index in [2.05, 4.69) is 106 Å². The van der Waals surface area contributed by atoms with Crippen molar-refractivity contribution in [2.75, 3.05) is 0 Å². The normalized spacial score (nSPS) is 14.1. The maximum absolute atomic E-state index is 4.48. The van der Waals surface area contributed by atoms with E-state index in [1.165, 1.54) is 0 Å². The van der Waals surface area contributed by atoms with Crippen molar-refractivity contribution < 1.29 is 0 Å². The summed E-state index contributed by atoms with van der Waals surface area (Å²) in [5.74, 6) is 0. The topological polar surface area (TPSA) is 12.4 Å². The predicted molar refractivity (Wildman–Crippen MR) is 126 cm³/mol. The van der Waals surface area contributed by atoms with Crippen LogP contribution in [0.5, 0.6) is 0 Å². The summed E-state index contributed by atoms with van der Waals surface area (Å²) in [6.45, 7) is 8.54. The maximum atomic E-state index is 4.48. The Kier molecular flexibility index (Phi) is 17.6. The van der Waals surface area contributed by atoms with Gasteiger partial charge in [-0.1, -0.05) is 79.8 Å². The van der Waals surface area contributed by atoms with Gasteiger partial charge in [0.05, 0.1) is 5.54 Å². The molecule has 0 unspecified atom stereocenters. The van der Waals surface area contributed by atoms with Gasteiger partial charge in [-0.25, -0.2) is 0 Å². The van der Waals surface area contributed by atoms with Gasteiger partial charge in [0.15, 0.2) is 0 Å². The molecule has 0 amide bonds. The number of hydrogen-bond acceptors (Lipinski definition) is 1. The van der Waals surface area contributed by atoms with E-state index in [1.807, 2.05) is 6.21 Å². The van der Waals surface area contributed by atoms with Crippen molar-refractivity contribution in [2.45, 2.75) is 84.6 Å². The largest absolute Gasteiger partial charge is 0.292 e. The molecule has 1 heteroatoms. The van der Waals surface area contributed by atoms with Gasteiger partial charge < -0.3 is 0 Å². The van der Waals surface area contributed by atoms with Gasteiger partial charge in [-0.3, -0.25) is 4.99 Å². The molecule has 0 aromatic rings. The van der Waals surface area contributed by atoms with Crippen LogP contribution in [0.4, 0.5) is 0 Å². The van der Waals surface area contributed by atoms with Crippen molar-refractivity contribution in [1.82, 2.24) is 0 Å². The lowest BCUT2D eigenvalue weighted by Crippen LogP contribution is -2.09.